The number of halogens is 1. The lowest BCUT2D eigenvalue weighted by Gasteiger charge is -2.06. The van der Waals surface area contributed by atoms with Gasteiger partial charge in [-0.2, -0.15) is 4.52 Å². The molecule has 8 heteroatoms. The first-order chi connectivity index (χ1) is 12.7. The highest BCUT2D eigenvalue weighted by Gasteiger charge is 2.16. The molecule has 0 aliphatic carbocycles. The second-order valence-corrected chi connectivity index (χ2v) is 6.71. The zero-order chi connectivity index (χ0) is 18.1. The molecule has 4 rings (SSSR count). The first kappa shape index (κ1) is 16.7. The van der Waals surface area contributed by atoms with E-state index in [9.17, 15) is 0 Å². The predicted molar refractivity (Wildman–Crippen MR) is 107 cm³/mol. The van der Waals surface area contributed by atoms with Crippen LogP contribution in [0, 0.1) is 3.57 Å². The van der Waals surface area contributed by atoms with Crippen molar-refractivity contribution in [3.63, 3.8) is 0 Å². The van der Waals surface area contributed by atoms with Gasteiger partial charge < -0.3 is 10.5 Å². The Morgan fingerprint density at radius 1 is 1.12 bits per heavy atom. The van der Waals surface area contributed by atoms with Gasteiger partial charge in [0.15, 0.2) is 11.5 Å². The zero-order valence-electron chi connectivity index (χ0n) is 13.9. The largest absolute Gasteiger partial charge is 0.495 e. The Hall–Kier alpha value is -2.75. The Bertz CT molecular complexity index is 1060. The molecule has 4 aromatic rings. The molecule has 0 atom stereocenters. The fourth-order valence-electron chi connectivity index (χ4n) is 2.63. The Morgan fingerprint density at radius 3 is 2.62 bits per heavy atom. The van der Waals surface area contributed by atoms with Crippen molar-refractivity contribution in [3.05, 3.63) is 63.7 Å². The van der Waals surface area contributed by atoms with Crippen LogP contribution in [0.3, 0.4) is 0 Å². The second-order valence-electron chi connectivity index (χ2n) is 5.63. The number of pyridine rings is 1. The second kappa shape index (κ2) is 6.87. The summed E-state index contributed by atoms with van der Waals surface area (Å²) in [5.74, 6) is 1.66. The molecule has 0 saturated carbocycles. The number of hydrogen-bond donors (Lipinski definition) is 1. The first-order valence-electron chi connectivity index (χ1n) is 7.90. The van der Waals surface area contributed by atoms with Crippen LogP contribution in [-0.2, 0) is 6.42 Å². The summed E-state index contributed by atoms with van der Waals surface area (Å²) in [7, 11) is 1.61. The predicted octanol–water partition coefficient (Wildman–Crippen LogP) is 2.97. The molecule has 0 radical (unpaired) electrons. The topological polar surface area (TPSA) is 91.2 Å². The molecule has 0 aliphatic heterocycles. The lowest BCUT2D eigenvalue weighted by atomic mass is 10.1. The number of benzene rings is 1. The number of ether oxygens (including phenoxy) is 1. The fraction of sp³-hybridized carbons (Fsp3) is 0.111. The quantitative estimate of drug-likeness (QED) is 0.473. The maximum atomic E-state index is 6.12. The van der Waals surface area contributed by atoms with Crippen LogP contribution in [-0.4, -0.2) is 31.7 Å². The first-order valence-corrected chi connectivity index (χ1v) is 8.98. The van der Waals surface area contributed by atoms with Crippen molar-refractivity contribution in [2.75, 3.05) is 12.8 Å². The summed E-state index contributed by atoms with van der Waals surface area (Å²) in [6.45, 7) is 0. The van der Waals surface area contributed by atoms with Gasteiger partial charge in [0.05, 0.1) is 29.0 Å². The molecule has 0 aliphatic rings. The summed E-state index contributed by atoms with van der Waals surface area (Å²) in [5, 5.41) is 4.49. The van der Waals surface area contributed by atoms with Gasteiger partial charge >= 0.3 is 0 Å². The van der Waals surface area contributed by atoms with Crippen LogP contribution in [0.25, 0.3) is 16.9 Å². The van der Waals surface area contributed by atoms with Crippen molar-refractivity contribution in [2.45, 2.75) is 6.42 Å². The van der Waals surface area contributed by atoms with E-state index in [1.807, 2.05) is 42.5 Å². The Balaban J connectivity index is 1.74. The van der Waals surface area contributed by atoms with Crippen LogP contribution in [0.2, 0.25) is 0 Å². The average Bonchev–Trinajstić information content (AvgIpc) is 3.11. The summed E-state index contributed by atoms with van der Waals surface area (Å²) < 4.78 is 7.61. The third kappa shape index (κ3) is 3.07. The molecular formula is C18H15IN6O. The average molecular weight is 458 g/mol. The molecule has 130 valence electrons. The van der Waals surface area contributed by atoms with Crippen molar-refractivity contribution in [1.29, 1.82) is 0 Å². The molecule has 3 heterocycles. The molecule has 0 spiro atoms. The molecule has 3 aromatic heterocycles. The fourth-order valence-corrected chi connectivity index (χ4v) is 3.41. The Morgan fingerprint density at radius 2 is 1.92 bits per heavy atom. The third-order valence-electron chi connectivity index (χ3n) is 3.92. The Kier molecular flexibility index (Phi) is 4.41. The summed E-state index contributed by atoms with van der Waals surface area (Å²) in [4.78, 5) is 13.5. The van der Waals surface area contributed by atoms with Gasteiger partial charge in [-0.15, -0.1) is 5.10 Å². The van der Waals surface area contributed by atoms with Gasteiger partial charge in [-0.3, -0.25) is 4.98 Å². The lowest BCUT2D eigenvalue weighted by Crippen LogP contribution is -2.05. The van der Waals surface area contributed by atoms with E-state index in [0.29, 0.717) is 29.6 Å². The third-order valence-corrected chi connectivity index (χ3v) is 4.91. The van der Waals surface area contributed by atoms with Gasteiger partial charge in [0.1, 0.15) is 5.75 Å². The van der Waals surface area contributed by atoms with E-state index in [0.717, 1.165) is 20.5 Å². The number of nitrogens with zero attached hydrogens (tertiary/aromatic N) is 5. The highest BCUT2D eigenvalue weighted by molar-refractivity contribution is 14.1. The number of nitrogens with two attached hydrogens (primary N) is 1. The molecule has 0 unspecified atom stereocenters. The van der Waals surface area contributed by atoms with Gasteiger partial charge in [0.25, 0.3) is 0 Å². The van der Waals surface area contributed by atoms with Crippen molar-refractivity contribution in [3.8, 4) is 17.0 Å². The monoisotopic (exact) mass is 458 g/mol. The number of fused-ring (bicyclic) bond motifs is 1. The zero-order valence-corrected chi connectivity index (χ0v) is 16.1. The van der Waals surface area contributed by atoms with Gasteiger partial charge in [0, 0.05) is 11.3 Å². The van der Waals surface area contributed by atoms with Gasteiger partial charge in [-0.1, -0.05) is 30.3 Å². The summed E-state index contributed by atoms with van der Waals surface area (Å²) >= 11 is 2.24. The molecule has 0 bridgehead atoms. The van der Waals surface area contributed by atoms with Crippen LogP contribution in [0.15, 0.2) is 48.7 Å². The SMILES string of the molecule is COc1ccc(Cc2nc3c(I)c(-c4ccccc4)nc(N)n3n2)nc1. The lowest BCUT2D eigenvalue weighted by molar-refractivity contribution is 0.412. The molecule has 0 amide bonds. The molecule has 1 aromatic carbocycles. The van der Waals surface area contributed by atoms with E-state index >= 15 is 0 Å². The summed E-state index contributed by atoms with van der Waals surface area (Å²) in [5.41, 5.74) is 9.47. The normalized spacial score (nSPS) is 11.0. The van der Waals surface area contributed by atoms with Crippen molar-refractivity contribution in [2.24, 2.45) is 0 Å². The summed E-state index contributed by atoms with van der Waals surface area (Å²) in [6, 6.07) is 13.7. The molecule has 0 fully saturated rings. The van der Waals surface area contributed by atoms with Crippen molar-refractivity contribution in [1.82, 2.24) is 24.6 Å². The molecule has 26 heavy (non-hydrogen) atoms. The van der Waals surface area contributed by atoms with E-state index in [4.69, 9.17) is 10.5 Å². The van der Waals surface area contributed by atoms with Gasteiger partial charge in [-0.25, -0.2) is 9.97 Å². The summed E-state index contributed by atoms with van der Waals surface area (Å²) in [6.07, 6.45) is 2.18. The van der Waals surface area contributed by atoms with Crippen LogP contribution in [0.4, 0.5) is 5.95 Å². The van der Waals surface area contributed by atoms with Crippen LogP contribution in [0.5, 0.6) is 5.75 Å². The minimum absolute atomic E-state index is 0.306. The molecule has 7 nitrogen and oxygen atoms in total. The number of nitrogen functional groups attached to an aromatic ring is 1. The highest BCUT2D eigenvalue weighted by Crippen LogP contribution is 2.27. The van der Waals surface area contributed by atoms with Crippen LogP contribution < -0.4 is 10.5 Å². The van der Waals surface area contributed by atoms with E-state index in [2.05, 4.69) is 42.6 Å². The minimum Gasteiger partial charge on any atom is -0.495 e. The van der Waals surface area contributed by atoms with E-state index < -0.39 is 0 Å². The molecular weight excluding hydrogens is 443 g/mol. The van der Waals surface area contributed by atoms with E-state index in [-0.39, 0.29) is 0 Å². The molecule has 2 N–H and O–H groups in total. The number of methoxy groups -OCH3 is 1. The number of aromatic nitrogens is 5. The standard InChI is InChI=1S/C18H15IN6O/c1-26-13-8-7-12(21-10-13)9-14-22-17-15(19)16(11-5-3-2-4-6-11)23-18(20)25(17)24-14/h2-8,10H,9H2,1H3,(H2,20,23). The van der Waals surface area contributed by atoms with Crippen LogP contribution >= 0.6 is 22.6 Å². The van der Waals surface area contributed by atoms with E-state index in [1.54, 1.807) is 17.8 Å². The minimum atomic E-state index is 0.306. The van der Waals surface area contributed by atoms with Gasteiger partial charge in [0.2, 0.25) is 5.95 Å². The number of anilines is 1. The van der Waals surface area contributed by atoms with Crippen LogP contribution in [0.1, 0.15) is 11.5 Å². The number of rotatable bonds is 4. The maximum absolute atomic E-state index is 6.12. The van der Waals surface area contributed by atoms with E-state index in [1.165, 1.54) is 0 Å². The maximum Gasteiger partial charge on any atom is 0.223 e. The number of hydrogen-bond acceptors (Lipinski definition) is 6. The molecule has 0 saturated heterocycles. The van der Waals surface area contributed by atoms with Gasteiger partial charge in [-0.05, 0) is 34.7 Å². The highest BCUT2D eigenvalue weighted by atomic mass is 127. The van der Waals surface area contributed by atoms with Crippen molar-refractivity contribution < 1.29 is 4.74 Å². The smallest absolute Gasteiger partial charge is 0.223 e. The van der Waals surface area contributed by atoms with Crippen molar-refractivity contribution >= 4 is 34.2 Å². The Labute approximate surface area is 163 Å².